The van der Waals surface area contributed by atoms with Gasteiger partial charge in [0.1, 0.15) is 11.5 Å². The first-order chi connectivity index (χ1) is 33.2. The van der Waals surface area contributed by atoms with Crippen LogP contribution in [-0.4, -0.2) is 0 Å². The number of rotatable bonds is 10. The average molecular weight is 857 g/mol. The minimum atomic E-state index is 0.821. The number of hydrogen-bond acceptors (Lipinski definition) is 3. The standard InChI is InChI=1S/C64H44N2O/c1-5-15-45(16-6-1)49-27-35-53(36-28-49)65(54-37-29-50(30-38-54)46-17-7-2-8-18-46)59-43-44-62-63-57(59)23-13-24-58(63)64-60(25-14-26-61(64)67-62)66(55-39-31-51(32-40-55)47-19-9-3-10-20-47)56-41-33-52(34-42-56)48-21-11-4-12-22-48/h1-44H. The van der Waals surface area contributed by atoms with Crippen LogP contribution in [-0.2, 0) is 0 Å². The molecule has 0 saturated carbocycles. The monoisotopic (exact) mass is 856 g/mol. The smallest absolute Gasteiger partial charge is 0.137 e. The van der Waals surface area contributed by atoms with Crippen LogP contribution in [0.1, 0.15) is 0 Å². The Labute approximate surface area is 391 Å². The lowest BCUT2D eigenvalue weighted by atomic mass is 9.91. The molecular formula is C64H44N2O. The third kappa shape index (κ3) is 7.49. The summed E-state index contributed by atoms with van der Waals surface area (Å²) in [6.07, 6.45) is 0. The lowest BCUT2D eigenvalue weighted by Gasteiger charge is -2.32. The molecule has 316 valence electrons. The third-order valence-electron chi connectivity index (χ3n) is 12.9. The van der Waals surface area contributed by atoms with Crippen molar-refractivity contribution in [3.8, 4) is 67.1 Å². The number of benzene rings is 11. The van der Waals surface area contributed by atoms with Gasteiger partial charge in [-0.1, -0.05) is 194 Å². The molecule has 11 aromatic carbocycles. The Morgan fingerprint density at radius 2 is 0.597 bits per heavy atom. The first-order valence-electron chi connectivity index (χ1n) is 22.8. The Hall–Kier alpha value is -8.92. The summed E-state index contributed by atoms with van der Waals surface area (Å²) in [5, 5.41) is 2.17. The van der Waals surface area contributed by atoms with Gasteiger partial charge in [-0.05, 0) is 123 Å². The molecule has 67 heavy (non-hydrogen) atoms. The highest BCUT2D eigenvalue weighted by atomic mass is 16.5. The van der Waals surface area contributed by atoms with Crippen molar-refractivity contribution in [3.05, 3.63) is 267 Å². The summed E-state index contributed by atoms with van der Waals surface area (Å²) in [7, 11) is 0. The molecule has 11 aromatic rings. The van der Waals surface area contributed by atoms with E-state index in [-0.39, 0.29) is 0 Å². The Balaban J connectivity index is 1.01. The van der Waals surface area contributed by atoms with Crippen LogP contribution >= 0.6 is 0 Å². The summed E-state index contributed by atoms with van der Waals surface area (Å²) in [6, 6.07) is 95.3. The number of fused-ring (bicyclic) bond motifs is 2. The van der Waals surface area contributed by atoms with E-state index in [1.165, 1.54) is 44.5 Å². The van der Waals surface area contributed by atoms with E-state index >= 15 is 0 Å². The fourth-order valence-electron chi connectivity index (χ4n) is 9.62. The van der Waals surface area contributed by atoms with Crippen LogP contribution in [0.15, 0.2) is 267 Å². The molecule has 0 spiro atoms. The van der Waals surface area contributed by atoms with E-state index in [0.29, 0.717) is 0 Å². The zero-order valence-electron chi connectivity index (χ0n) is 36.7. The molecule has 0 aromatic heterocycles. The summed E-state index contributed by atoms with van der Waals surface area (Å²) >= 11 is 0. The molecule has 0 atom stereocenters. The summed E-state index contributed by atoms with van der Waals surface area (Å²) < 4.78 is 7.00. The molecule has 0 bridgehead atoms. The largest absolute Gasteiger partial charge is 0.456 e. The molecule has 0 radical (unpaired) electrons. The van der Waals surface area contributed by atoms with E-state index in [1.54, 1.807) is 0 Å². The van der Waals surface area contributed by atoms with E-state index in [4.69, 9.17) is 4.74 Å². The zero-order valence-corrected chi connectivity index (χ0v) is 36.7. The van der Waals surface area contributed by atoms with Crippen molar-refractivity contribution in [3.63, 3.8) is 0 Å². The third-order valence-corrected chi connectivity index (χ3v) is 12.9. The Morgan fingerprint density at radius 3 is 1.00 bits per heavy atom. The van der Waals surface area contributed by atoms with Crippen LogP contribution in [0.2, 0.25) is 0 Å². The lowest BCUT2D eigenvalue weighted by molar-refractivity contribution is 0.487. The molecule has 0 aliphatic carbocycles. The van der Waals surface area contributed by atoms with E-state index < -0.39 is 0 Å². The predicted molar refractivity (Wildman–Crippen MR) is 281 cm³/mol. The SMILES string of the molecule is c1ccc(-c2ccc(N(c3ccc(-c4ccccc4)cc3)c3cccc4c3-c3cccc5c(N(c6ccc(-c7ccccc7)cc6)c6ccc(-c7ccccc7)cc6)ccc(c35)O4)cc2)cc1. The van der Waals surface area contributed by atoms with Gasteiger partial charge < -0.3 is 14.5 Å². The summed E-state index contributed by atoms with van der Waals surface area (Å²) in [5.41, 5.74) is 17.9. The van der Waals surface area contributed by atoms with Gasteiger partial charge in [0.25, 0.3) is 0 Å². The van der Waals surface area contributed by atoms with Crippen molar-refractivity contribution in [1.82, 2.24) is 0 Å². The molecule has 3 heteroatoms. The fourth-order valence-corrected chi connectivity index (χ4v) is 9.62. The molecule has 0 fully saturated rings. The van der Waals surface area contributed by atoms with Gasteiger partial charge in [-0.3, -0.25) is 0 Å². The van der Waals surface area contributed by atoms with Crippen LogP contribution in [0.4, 0.5) is 34.1 Å². The van der Waals surface area contributed by atoms with Gasteiger partial charge in [0.05, 0.1) is 11.4 Å². The highest BCUT2D eigenvalue weighted by Gasteiger charge is 2.28. The summed E-state index contributed by atoms with van der Waals surface area (Å²) in [5.74, 6) is 1.66. The Morgan fingerprint density at radius 1 is 0.239 bits per heavy atom. The molecule has 0 amide bonds. The second kappa shape index (κ2) is 17.2. The predicted octanol–water partition coefficient (Wildman–Crippen LogP) is 18.2. The van der Waals surface area contributed by atoms with Crippen molar-refractivity contribution in [2.75, 3.05) is 9.80 Å². The maximum atomic E-state index is 7.00. The quantitative estimate of drug-likeness (QED) is 0.136. The first kappa shape index (κ1) is 39.7. The van der Waals surface area contributed by atoms with Gasteiger partial charge in [0, 0.05) is 39.1 Å². The Kier molecular flexibility index (Phi) is 10.2. The molecule has 3 nitrogen and oxygen atoms in total. The van der Waals surface area contributed by atoms with Gasteiger partial charge >= 0.3 is 0 Å². The van der Waals surface area contributed by atoms with Crippen LogP contribution in [0, 0.1) is 0 Å². The molecule has 1 aliphatic rings. The average Bonchev–Trinajstić information content (AvgIpc) is 3.41. The number of ether oxygens (including phenoxy) is 1. The molecule has 0 N–H and O–H groups in total. The molecular weight excluding hydrogens is 813 g/mol. The van der Waals surface area contributed by atoms with Crippen molar-refractivity contribution in [1.29, 1.82) is 0 Å². The van der Waals surface area contributed by atoms with Crippen LogP contribution in [0.25, 0.3) is 66.4 Å². The van der Waals surface area contributed by atoms with Crippen molar-refractivity contribution >= 4 is 44.9 Å². The first-order valence-corrected chi connectivity index (χ1v) is 22.8. The highest BCUT2D eigenvalue weighted by Crippen LogP contribution is 2.55. The molecule has 0 unspecified atom stereocenters. The van der Waals surface area contributed by atoms with Gasteiger partial charge in [-0.25, -0.2) is 0 Å². The van der Waals surface area contributed by atoms with Crippen molar-refractivity contribution in [2.45, 2.75) is 0 Å². The summed E-state index contributed by atoms with van der Waals surface area (Å²) in [6.45, 7) is 0. The van der Waals surface area contributed by atoms with Gasteiger partial charge in [-0.15, -0.1) is 0 Å². The topological polar surface area (TPSA) is 15.7 Å². The molecule has 1 aliphatic heterocycles. The van der Waals surface area contributed by atoms with Gasteiger partial charge in [0.15, 0.2) is 0 Å². The molecule has 12 rings (SSSR count). The zero-order chi connectivity index (χ0) is 44.5. The van der Waals surface area contributed by atoms with Crippen LogP contribution in [0.3, 0.4) is 0 Å². The Bertz CT molecular complexity index is 3320. The van der Waals surface area contributed by atoms with E-state index in [2.05, 4.69) is 277 Å². The maximum Gasteiger partial charge on any atom is 0.137 e. The van der Waals surface area contributed by atoms with E-state index in [0.717, 1.165) is 67.5 Å². The van der Waals surface area contributed by atoms with Crippen LogP contribution < -0.4 is 14.5 Å². The fraction of sp³-hybridized carbons (Fsp3) is 0. The number of anilines is 6. The maximum absolute atomic E-state index is 7.00. The second-order valence-electron chi connectivity index (χ2n) is 16.9. The minimum Gasteiger partial charge on any atom is -0.456 e. The van der Waals surface area contributed by atoms with E-state index in [9.17, 15) is 0 Å². The highest BCUT2D eigenvalue weighted by molar-refractivity contribution is 6.13. The lowest BCUT2D eigenvalue weighted by Crippen LogP contribution is -2.13. The number of nitrogens with zero attached hydrogens (tertiary/aromatic N) is 2. The van der Waals surface area contributed by atoms with Crippen LogP contribution in [0.5, 0.6) is 11.5 Å². The van der Waals surface area contributed by atoms with Crippen molar-refractivity contribution in [2.24, 2.45) is 0 Å². The van der Waals surface area contributed by atoms with Crippen molar-refractivity contribution < 1.29 is 4.74 Å². The van der Waals surface area contributed by atoms with Gasteiger partial charge in [-0.2, -0.15) is 0 Å². The minimum absolute atomic E-state index is 0.821. The number of hydrogen-bond donors (Lipinski definition) is 0. The molecule has 0 saturated heterocycles. The normalized spacial score (nSPS) is 11.4. The molecule has 1 heterocycles. The van der Waals surface area contributed by atoms with E-state index in [1.807, 2.05) is 0 Å². The van der Waals surface area contributed by atoms with Gasteiger partial charge in [0.2, 0.25) is 0 Å². The second-order valence-corrected chi connectivity index (χ2v) is 16.9. The summed E-state index contributed by atoms with van der Waals surface area (Å²) in [4.78, 5) is 4.75.